The molecule has 2 rings (SSSR count). The first-order valence-corrected chi connectivity index (χ1v) is 4.79. The van der Waals surface area contributed by atoms with Gasteiger partial charge in [-0.05, 0) is 5.92 Å². The molecule has 1 atom stereocenters. The van der Waals surface area contributed by atoms with Crippen LogP contribution in [-0.4, -0.2) is 60.1 Å². The normalized spacial score (nSPS) is 31.1. The summed E-state index contributed by atoms with van der Waals surface area (Å²) in [5.41, 5.74) is 0. The molecule has 1 N–H and O–H groups in total. The standard InChI is InChI=1S/C9H16N2O2/c1-10-3-7(2-9(10)13)4-11-5-8(12)6-11/h7-8,12H,2-6H2,1H3. The molecule has 0 saturated carbocycles. The van der Waals surface area contributed by atoms with Gasteiger partial charge < -0.3 is 10.0 Å². The highest BCUT2D eigenvalue weighted by Gasteiger charge is 2.32. The molecule has 0 aromatic rings. The smallest absolute Gasteiger partial charge is 0.222 e. The molecule has 13 heavy (non-hydrogen) atoms. The highest BCUT2D eigenvalue weighted by molar-refractivity contribution is 5.78. The van der Waals surface area contributed by atoms with Crippen molar-refractivity contribution in [2.45, 2.75) is 12.5 Å². The second-order valence-corrected chi connectivity index (χ2v) is 4.22. The summed E-state index contributed by atoms with van der Waals surface area (Å²) in [7, 11) is 1.85. The first kappa shape index (κ1) is 8.97. The lowest BCUT2D eigenvalue weighted by atomic mass is 10.0. The Kier molecular flexibility index (Phi) is 2.26. The lowest BCUT2D eigenvalue weighted by molar-refractivity contribution is -0.126. The third-order valence-electron chi connectivity index (χ3n) is 2.88. The fraction of sp³-hybridized carbons (Fsp3) is 0.889. The molecular formula is C9H16N2O2. The van der Waals surface area contributed by atoms with Crippen LogP contribution in [0, 0.1) is 5.92 Å². The van der Waals surface area contributed by atoms with Crippen LogP contribution in [0.3, 0.4) is 0 Å². The van der Waals surface area contributed by atoms with E-state index in [2.05, 4.69) is 4.90 Å². The Bertz CT molecular complexity index is 214. The summed E-state index contributed by atoms with van der Waals surface area (Å²) in [6.07, 6.45) is 0.554. The van der Waals surface area contributed by atoms with E-state index in [0.717, 1.165) is 26.2 Å². The van der Waals surface area contributed by atoms with Crippen molar-refractivity contribution in [2.75, 3.05) is 33.2 Å². The Labute approximate surface area is 78.1 Å². The molecule has 1 amide bonds. The number of nitrogens with zero attached hydrogens (tertiary/aromatic N) is 2. The number of β-amino-alcohol motifs (C(OH)–C–C–N with tert-alkyl or cyclic N) is 1. The first-order valence-electron chi connectivity index (χ1n) is 4.79. The van der Waals surface area contributed by atoms with E-state index in [1.54, 1.807) is 4.90 Å². The van der Waals surface area contributed by atoms with Crippen molar-refractivity contribution < 1.29 is 9.90 Å². The molecule has 2 heterocycles. The van der Waals surface area contributed by atoms with E-state index in [-0.39, 0.29) is 12.0 Å². The monoisotopic (exact) mass is 184 g/mol. The van der Waals surface area contributed by atoms with Crippen LogP contribution in [0.2, 0.25) is 0 Å². The molecular weight excluding hydrogens is 168 g/mol. The zero-order chi connectivity index (χ0) is 9.42. The molecule has 0 aromatic heterocycles. The number of carbonyl (C=O) groups excluding carboxylic acids is 1. The van der Waals surface area contributed by atoms with Crippen molar-refractivity contribution in [3.63, 3.8) is 0 Å². The number of likely N-dealkylation sites (tertiary alicyclic amines) is 2. The molecule has 0 radical (unpaired) electrons. The van der Waals surface area contributed by atoms with E-state index in [1.807, 2.05) is 7.05 Å². The second-order valence-electron chi connectivity index (χ2n) is 4.22. The largest absolute Gasteiger partial charge is 0.390 e. The number of hydrogen-bond acceptors (Lipinski definition) is 3. The van der Waals surface area contributed by atoms with E-state index < -0.39 is 0 Å². The Morgan fingerprint density at radius 2 is 2.15 bits per heavy atom. The van der Waals surface area contributed by atoms with Crippen LogP contribution in [0.5, 0.6) is 0 Å². The lowest BCUT2D eigenvalue weighted by Gasteiger charge is -2.37. The quantitative estimate of drug-likeness (QED) is 0.607. The SMILES string of the molecule is CN1CC(CN2CC(O)C2)CC1=O. The maximum absolute atomic E-state index is 11.2. The second kappa shape index (κ2) is 3.27. The van der Waals surface area contributed by atoms with E-state index in [9.17, 15) is 4.79 Å². The molecule has 4 nitrogen and oxygen atoms in total. The van der Waals surface area contributed by atoms with Gasteiger partial charge in [0, 0.05) is 39.6 Å². The summed E-state index contributed by atoms with van der Waals surface area (Å²) in [5.74, 6) is 0.732. The number of aliphatic hydroxyl groups excluding tert-OH is 1. The van der Waals surface area contributed by atoms with Crippen molar-refractivity contribution in [3.8, 4) is 0 Å². The number of aliphatic hydroxyl groups is 1. The maximum Gasteiger partial charge on any atom is 0.222 e. The molecule has 4 heteroatoms. The molecule has 1 unspecified atom stereocenters. The highest BCUT2D eigenvalue weighted by atomic mass is 16.3. The average Bonchev–Trinajstić information content (AvgIpc) is 2.28. The van der Waals surface area contributed by atoms with Gasteiger partial charge in [-0.15, -0.1) is 0 Å². The van der Waals surface area contributed by atoms with Crippen molar-refractivity contribution in [1.29, 1.82) is 0 Å². The molecule has 0 spiro atoms. The van der Waals surface area contributed by atoms with Gasteiger partial charge in [0.15, 0.2) is 0 Å². The van der Waals surface area contributed by atoms with Crippen LogP contribution in [0.4, 0.5) is 0 Å². The van der Waals surface area contributed by atoms with E-state index >= 15 is 0 Å². The fourth-order valence-corrected chi connectivity index (χ4v) is 2.14. The van der Waals surface area contributed by atoms with Gasteiger partial charge in [-0.3, -0.25) is 9.69 Å². The topological polar surface area (TPSA) is 43.8 Å². The average molecular weight is 184 g/mol. The molecule has 74 valence electrons. The maximum atomic E-state index is 11.2. The van der Waals surface area contributed by atoms with Gasteiger partial charge >= 0.3 is 0 Å². The molecule has 2 aliphatic rings. The Morgan fingerprint density at radius 3 is 2.62 bits per heavy atom. The van der Waals surface area contributed by atoms with Gasteiger partial charge in [0.25, 0.3) is 0 Å². The van der Waals surface area contributed by atoms with E-state index in [1.165, 1.54) is 0 Å². The van der Waals surface area contributed by atoms with Crippen LogP contribution in [0.25, 0.3) is 0 Å². The summed E-state index contributed by atoms with van der Waals surface area (Å²) in [4.78, 5) is 15.2. The van der Waals surface area contributed by atoms with E-state index in [4.69, 9.17) is 5.11 Å². The number of carbonyl (C=O) groups is 1. The summed E-state index contributed by atoms with van der Waals surface area (Å²) < 4.78 is 0. The molecule has 0 bridgehead atoms. The van der Waals surface area contributed by atoms with Gasteiger partial charge in [0.1, 0.15) is 0 Å². The summed E-state index contributed by atoms with van der Waals surface area (Å²) >= 11 is 0. The fourth-order valence-electron chi connectivity index (χ4n) is 2.14. The van der Waals surface area contributed by atoms with Gasteiger partial charge in [-0.2, -0.15) is 0 Å². The Hall–Kier alpha value is -0.610. The minimum absolute atomic E-state index is 0.130. The summed E-state index contributed by atoms with van der Waals surface area (Å²) in [6.45, 7) is 3.42. The van der Waals surface area contributed by atoms with Gasteiger partial charge in [-0.25, -0.2) is 0 Å². The summed E-state index contributed by atoms with van der Waals surface area (Å²) in [5, 5.41) is 9.08. The Morgan fingerprint density at radius 1 is 1.46 bits per heavy atom. The van der Waals surface area contributed by atoms with Crippen LogP contribution in [0.15, 0.2) is 0 Å². The van der Waals surface area contributed by atoms with E-state index in [0.29, 0.717) is 12.3 Å². The molecule has 2 saturated heterocycles. The lowest BCUT2D eigenvalue weighted by Crippen LogP contribution is -2.52. The number of hydrogen-bond donors (Lipinski definition) is 1. The van der Waals surface area contributed by atoms with Crippen LogP contribution in [0.1, 0.15) is 6.42 Å². The third-order valence-corrected chi connectivity index (χ3v) is 2.88. The number of amides is 1. The minimum Gasteiger partial charge on any atom is -0.390 e. The van der Waals surface area contributed by atoms with Crippen molar-refractivity contribution in [2.24, 2.45) is 5.92 Å². The first-order chi connectivity index (χ1) is 6.15. The van der Waals surface area contributed by atoms with Crippen molar-refractivity contribution in [1.82, 2.24) is 9.80 Å². The molecule has 0 aliphatic carbocycles. The van der Waals surface area contributed by atoms with Gasteiger partial charge in [0.05, 0.1) is 6.10 Å². The van der Waals surface area contributed by atoms with Crippen molar-refractivity contribution >= 4 is 5.91 Å². The van der Waals surface area contributed by atoms with Gasteiger partial charge in [0.2, 0.25) is 5.91 Å². The van der Waals surface area contributed by atoms with Crippen LogP contribution in [-0.2, 0) is 4.79 Å². The Balaban J connectivity index is 1.75. The zero-order valence-corrected chi connectivity index (χ0v) is 7.94. The van der Waals surface area contributed by atoms with Crippen molar-refractivity contribution in [3.05, 3.63) is 0 Å². The molecule has 2 aliphatic heterocycles. The summed E-state index contributed by atoms with van der Waals surface area (Å²) in [6, 6.07) is 0. The van der Waals surface area contributed by atoms with Crippen LogP contribution < -0.4 is 0 Å². The molecule has 0 aromatic carbocycles. The minimum atomic E-state index is -0.130. The predicted molar refractivity (Wildman–Crippen MR) is 48.2 cm³/mol. The third kappa shape index (κ3) is 1.84. The highest BCUT2D eigenvalue weighted by Crippen LogP contribution is 2.19. The zero-order valence-electron chi connectivity index (χ0n) is 7.94. The van der Waals surface area contributed by atoms with Crippen LogP contribution >= 0.6 is 0 Å². The predicted octanol–water partition coefficient (Wildman–Crippen LogP) is -0.859. The molecule has 2 fully saturated rings. The number of rotatable bonds is 2. The van der Waals surface area contributed by atoms with Gasteiger partial charge in [-0.1, -0.05) is 0 Å².